The molecule has 0 radical (unpaired) electrons. The van der Waals surface area contributed by atoms with Crippen molar-refractivity contribution in [1.29, 1.82) is 0 Å². The van der Waals surface area contributed by atoms with Gasteiger partial charge in [0, 0.05) is 0 Å². The maximum absolute atomic E-state index is 10.2. The number of halogens is 2. The van der Waals surface area contributed by atoms with E-state index in [1.54, 1.807) is 6.92 Å². The zero-order chi connectivity index (χ0) is 7.28. The first-order chi connectivity index (χ1) is 4.16. The molecule has 0 aliphatic rings. The molecule has 0 unspecified atom stereocenters. The Morgan fingerprint density at radius 1 is 1.31 bits per heavy atom. The van der Waals surface area contributed by atoms with Crippen molar-refractivity contribution in [2.45, 2.75) is 13.3 Å². The van der Waals surface area contributed by atoms with Crippen molar-refractivity contribution in [2.75, 3.05) is 6.61 Å². The maximum atomic E-state index is 10.2. The fraction of sp³-hybridized carbons (Fsp3) is 0.600. The number of carbonyl (C=O) groups is 2. The number of aliphatic carboxylic acids is 1. The summed E-state index contributed by atoms with van der Waals surface area (Å²) >= 11 is 0. The zero-order valence-corrected chi connectivity index (χ0v) is 13.6. The molecule has 0 saturated heterocycles. The van der Waals surface area contributed by atoms with Gasteiger partial charge in [-0.15, -0.1) is 0 Å². The van der Waals surface area contributed by atoms with E-state index in [9.17, 15) is 14.7 Å². The van der Waals surface area contributed by atoms with E-state index in [0.717, 1.165) is 0 Å². The molecule has 0 aromatic rings. The summed E-state index contributed by atoms with van der Waals surface area (Å²) in [5, 5.41) is 9.67. The average Bonchev–Trinajstić information content (AvgIpc) is 1.63. The van der Waals surface area contributed by atoms with Gasteiger partial charge in [0.2, 0.25) is 0 Å². The molecule has 8 heteroatoms. The third-order valence-corrected chi connectivity index (χ3v) is 0.594. The molecule has 0 aromatic heterocycles. The molecule has 13 heavy (non-hydrogen) atoms. The Kier molecular flexibility index (Phi) is 44.0. The monoisotopic (exact) mass is 264 g/mol. The molecule has 0 bridgehead atoms. The van der Waals surface area contributed by atoms with Crippen LogP contribution in [-0.4, -0.2) is 41.6 Å². The molecule has 0 fully saturated rings. The molecule has 0 aromatic carbocycles. The van der Waals surface area contributed by atoms with Crippen molar-refractivity contribution >= 4 is 35.0 Å². The van der Waals surface area contributed by atoms with Gasteiger partial charge in [-0.1, -0.05) is 0 Å². The van der Waals surface area contributed by atoms with Crippen molar-refractivity contribution in [2.24, 2.45) is 0 Å². The predicted octanol–water partition coefficient (Wildman–Crippen LogP) is -10.7. The van der Waals surface area contributed by atoms with Crippen LogP contribution in [0.25, 0.3) is 0 Å². The quantitative estimate of drug-likeness (QED) is 0.289. The van der Waals surface area contributed by atoms with Crippen molar-refractivity contribution in [3.63, 3.8) is 0 Å². The number of esters is 1. The number of carbonyl (C=O) groups excluding carboxylic acids is 2. The Balaban J connectivity index is -0.0000000533. The molecule has 0 heterocycles. The van der Waals surface area contributed by atoms with Crippen LogP contribution in [0.1, 0.15) is 13.3 Å². The van der Waals surface area contributed by atoms with Crippen LogP contribution in [0, 0.1) is 0 Å². The number of carboxylic acids is 1. The Bertz CT molecular complexity index is 136. The molecule has 0 rings (SSSR count). The van der Waals surface area contributed by atoms with Crippen molar-refractivity contribution in [1.82, 2.24) is 0 Å². The van der Waals surface area contributed by atoms with E-state index >= 15 is 0 Å². The summed E-state index contributed by atoms with van der Waals surface area (Å²) < 4.78 is 4.29. The van der Waals surface area contributed by atoms with Crippen molar-refractivity contribution < 1.29 is 95.6 Å². The number of hydrogen-bond donors (Lipinski definition) is 0. The van der Waals surface area contributed by atoms with Crippen molar-refractivity contribution in [3.8, 4) is 0 Å². The van der Waals surface area contributed by atoms with Gasteiger partial charge in [0.25, 0.3) is 0 Å². The van der Waals surface area contributed by atoms with Crippen LogP contribution in [0.2, 0.25) is 0 Å². The van der Waals surface area contributed by atoms with Gasteiger partial charge in [-0.25, -0.2) is 0 Å². The Labute approximate surface area is 148 Å². The average molecular weight is 265 g/mol. The summed E-state index contributed by atoms with van der Waals surface area (Å²) in [6.07, 6.45) is -0.659. The zero-order valence-electron chi connectivity index (χ0n) is 7.51. The van der Waals surface area contributed by atoms with Crippen molar-refractivity contribution in [3.05, 3.63) is 0 Å². The molecule has 0 atom stereocenters. The van der Waals surface area contributed by atoms with E-state index in [0.29, 0.717) is 0 Å². The summed E-state index contributed by atoms with van der Waals surface area (Å²) in [7, 11) is 0. The van der Waals surface area contributed by atoms with E-state index in [2.05, 4.69) is 4.74 Å². The largest absolute Gasteiger partial charge is 2.00 e. The molecule has 0 aliphatic carbocycles. The number of carboxylic acid groups (broad SMARTS) is 1. The minimum absolute atomic E-state index is 0. The molecule has 0 N–H and O–H groups in total. The molecular formula is C5H7Cl2KMgO4. The van der Waals surface area contributed by atoms with E-state index in [4.69, 9.17) is 0 Å². The van der Waals surface area contributed by atoms with Crippen LogP contribution in [0.4, 0.5) is 0 Å². The smallest absolute Gasteiger partial charge is 1.00 e. The van der Waals surface area contributed by atoms with E-state index in [-0.39, 0.29) is 106 Å². The van der Waals surface area contributed by atoms with Gasteiger partial charge in [0.05, 0.1) is 19.0 Å². The van der Waals surface area contributed by atoms with Crippen LogP contribution >= 0.6 is 0 Å². The summed E-state index contributed by atoms with van der Waals surface area (Å²) in [5.74, 6) is -2.16. The number of hydrogen-bond acceptors (Lipinski definition) is 4. The second kappa shape index (κ2) is 19.5. The Hall–Kier alpha value is 1.92. The second-order valence-corrected chi connectivity index (χ2v) is 1.35. The fourth-order valence-corrected chi connectivity index (χ4v) is 0.330. The van der Waals surface area contributed by atoms with Gasteiger partial charge >= 0.3 is 80.4 Å². The summed E-state index contributed by atoms with van der Waals surface area (Å²) in [6.45, 7) is 1.80. The maximum Gasteiger partial charge on any atom is 2.00 e. The third kappa shape index (κ3) is 24.9. The molecule has 0 spiro atoms. The molecule has 0 amide bonds. The number of rotatable bonds is 3. The van der Waals surface area contributed by atoms with E-state index in [1.165, 1.54) is 0 Å². The summed E-state index contributed by atoms with van der Waals surface area (Å²) in [4.78, 5) is 19.9. The normalized spacial score (nSPS) is 5.92. The van der Waals surface area contributed by atoms with Crippen LogP contribution in [0.3, 0.4) is 0 Å². The van der Waals surface area contributed by atoms with Crippen LogP contribution in [-0.2, 0) is 14.3 Å². The number of ether oxygens (including phenoxy) is 1. The molecule has 68 valence electrons. The van der Waals surface area contributed by atoms with Gasteiger partial charge in [-0.05, 0) is 6.92 Å². The summed E-state index contributed by atoms with van der Waals surface area (Å²) in [6, 6.07) is 0. The van der Waals surface area contributed by atoms with E-state index in [1.807, 2.05) is 0 Å². The van der Waals surface area contributed by atoms with Gasteiger partial charge in [-0.2, -0.15) is 0 Å². The first kappa shape index (κ1) is 29.4. The first-order valence-corrected chi connectivity index (χ1v) is 2.52. The minimum atomic E-state index is -1.41. The van der Waals surface area contributed by atoms with Crippen LogP contribution < -0.4 is 81.3 Å². The minimum Gasteiger partial charge on any atom is -1.00 e. The predicted molar refractivity (Wildman–Crippen MR) is 32.0 cm³/mol. The van der Waals surface area contributed by atoms with Crippen LogP contribution in [0.5, 0.6) is 0 Å². The van der Waals surface area contributed by atoms with Gasteiger partial charge in [0.1, 0.15) is 0 Å². The van der Waals surface area contributed by atoms with Gasteiger partial charge in [-0.3, -0.25) is 4.79 Å². The third-order valence-electron chi connectivity index (χ3n) is 0.594. The second-order valence-electron chi connectivity index (χ2n) is 1.35. The Morgan fingerprint density at radius 3 is 1.92 bits per heavy atom. The van der Waals surface area contributed by atoms with Crippen LogP contribution in [0.15, 0.2) is 0 Å². The summed E-state index contributed by atoms with van der Waals surface area (Å²) in [5.41, 5.74) is 0. The standard InChI is InChI=1S/C5H8O4.2ClH.K.Mg/c1-2-9-5(8)3-4(6)7;;;;/h2-3H2,1H3,(H,6,7);2*1H;;/q;;;+1;+2/p-3. The molecular weight excluding hydrogens is 258 g/mol. The fourth-order valence-electron chi connectivity index (χ4n) is 0.330. The Morgan fingerprint density at radius 2 is 1.69 bits per heavy atom. The molecule has 0 saturated carbocycles. The molecule has 0 aliphatic heterocycles. The van der Waals surface area contributed by atoms with Gasteiger partial charge < -0.3 is 39.5 Å². The SMILES string of the molecule is CCOC(=O)CC(=O)[O-].[Cl-].[Cl-].[K+].[Mg+2]. The first-order valence-electron chi connectivity index (χ1n) is 2.52. The topological polar surface area (TPSA) is 66.4 Å². The van der Waals surface area contributed by atoms with Gasteiger partial charge in [0.15, 0.2) is 0 Å². The molecule has 4 nitrogen and oxygen atoms in total. The van der Waals surface area contributed by atoms with E-state index < -0.39 is 18.4 Å².